The predicted octanol–water partition coefficient (Wildman–Crippen LogP) is 2.55. The average molecular weight is 466 g/mol. The molecule has 10 heteroatoms. The van der Waals surface area contributed by atoms with Crippen molar-refractivity contribution in [3.8, 4) is 22.9 Å². The maximum Gasteiger partial charge on any atom is 0.266 e. The lowest BCUT2D eigenvalue weighted by Gasteiger charge is -2.10. The number of carbonyl (C=O) groups excluding carboxylic acids is 1. The Morgan fingerprint density at radius 1 is 1.06 bits per heavy atom. The molecule has 0 aliphatic rings. The maximum absolute atomic E-state index is 12.4. The van der Waals surface area contributed by atoms with Crippen LogP contribution in [-0.4, -0.2) is 52.0 Å². The molecule has 0 unspecified atom stereocenters. The van der Waals surface area contributed by atoms with Gasteiger partial charge in [0, 0.05) is 18.2 Å². The molecule has 4 aromatic rings. The van der Waals surface area contributed by atoms with Gasteiger partial charge in [-0.3, -0.25) is 14.7 Å². The Morgan fingerprint density at radius 2 is 1.85 bits per heavy atom. The summed E-state index contributed by atoms with van der Waals surface area (Å²) in [6.45, 7) is 0.476. The monoisotopic (exact) mass is 465 g/mol. The minimum atomic E-state index is -0.282. The summed E-state index contributed by atoms with van der Waals surface area (Å²) < 4.78 is 12.1. The summed E-state index contributed by atoms with van der Waals surface area (Å²) in [5.74, 6) is 1.82. The first-order chi connectivity index (χ1) is 16.1. The van der Waals surface area contributed by atoms with Crippen molar-refractivity contribution in [3.63, 3.8) is 0 Å². The second-order valence-electron chi connectivity index (χ2n) is 7.09. The van der Waals surface area contributed by atoms with Gasteiger partial charge in [0.25, 0.3) is 5.56 Å². The first-order valence-corrected chi connectivity index (χ1v) is 11.2. The van der Waals surface area contributed by atoms with Crippen molar-refractivity contribution in [1.29, 1.82) is 0 Å². The zero-order valence-corrected chi connectivity index (χ0v) is 19.0. The number of thioether (sulfide) groups is 1. The summed E-state index contributed by atoms with van der Waals surface area (Å²) in [5, 5.41) is 6.07. The van der Waals surface area contributed by atoms with Gasteiger partial charge in [0.05, 0.1) is 20.0 Å². The van der Waals surface area contributed by atoms with E-state index in [-0.39, 0.29) is 17.2 Å². The van der Waals surface area contributed by atoms with Crippen molar-refractivity contribution in [2.75, 3.05) is 26.5 Å². The molecular weight excluding hydrogens is 442 g/mol. The highest BCUT2D eigenvalue weighted by Crippen LogP contribution is 2.27. The second-order valence-corrected chi connectivity index (χ2v) is 8.03. The van der Waals surface area contributed by atoms with E-state index in [9.17, 15) is 9.59 Å². The van der Waals surface area contributed by atoms with Crippen LogP contribution >= 0.6 is 11.8 Å². The number of fused-ring (bicyclic) bond motifs is 1. The number of carbonyl (C=O) groups is 1. The van der Waals surface area contributed by atoms with Gasteiger partial charge in [-0.2, -0.15) is 0 Å². The van der Waals surface area contributed by atoms with Gasteiger partial charge in [-0.25, -0.2) is 14.5 Å². The largest absolute Gasteiger partial charge is 0.493 e. The van der Waals surface area contributed by atoms with E-state index < -0.39 is 0 Å². The van der Waals surface area contributed by atoms with E-state index in [2.05, 4.69) is 20.4 Å². The fourth-order valence-corrected chi connectivity index (χ4v) is 4.04. The van der Waals surface area contributed by atoms with Crippen LogP contribution < -0.4 is 20.3 Å². The van der Waals surface area contributed by atoms with Crippen molar-refractivity contribution in [2.45, 2.75) is 11.6 Å². The third-order valence-electron chi connectivity index (χ3n) is 4.87. The van der Waals surface area contributed by atoms with Crippen molar-refractivity contribution in [2.24, 2.45) is 0 Å². The van der Waals surface area contributed by atoms with Crippen LogP contribution in [0.1, 0.15) is 5.56 Å². The molecule has 4 rings (SSSR count). The van der Waals surface area contributed by atoms with E-state index in [1.165, 1.54) is 22.3 Å². The molecule has 2 heterocycles. The minimum absolute atomic E-state index is 0.136. The summed E-state index contributed by atoms with van der Waals surface area (Å²) >= 11 is 1.23. The fourth-order valence-electron chi connectivity index (χ4n) is 3.26. The number of aromatic nitrogens is 4. The van der Waals surface area contributed by atoms with Gasteiger partial charge in [-0.1, -0.05) is 48.2 Å². The first kappa shape index (κ1) is 22.4. The highest BCUT2D eigenvalue weighted by Gasteiger charge is 2.13. The standard InChI is InChI=1S/C23H23N5O4S/c1-31-17-9-8-15(12-18(17)32-2)10-11-24-21(30)14-33-23-26-22(16-6-4-3-5-7-16)25-19-13-20(29)27-28(19)23/h3-9,12-13H,10-11,14H2,1-2H3,(H,24,30)(H,27,29). The Balaban J connectivity index is 1.40. The number of nitrogens with zero attached hydrogens (tertiary/aromatic N) is 3. The van der Waals surface area contributed by atoms with Gasteiger partial charge in [0.1, 0.15) is 0 Å². The molecule has 0 atom stereocenters. The molecule has 2 N–H and O–H groups in total. The summed E-state index contributed by atoms with van der Waals surface area (Å²) in [6.07, 6.45) is 0.650. The smallest absolute Gasteiger partial charge is 0.266 e. The summed E-state index contributed by atoms with van der Waals surface area (Å²) in [4.78, 5) is 33.3. The van der Waals surface area contributed by atoms with Crippen LogP contribution in [0.4, 0.5) is 0 Å². The molecule has 0 aliphatic heterocycles. The molecule has 2 aromatic heterocycles. The third kappa shape index (κ3) is 5.35. The molecule has 33 heavy (non-hydrogen) atoms. The lowest BCUT2D eigenvalue weighted by molar-refractivity contribution is -0.118. The maximum atomic E-state index is 12.4. The van der Waals surface area contributed by atoms with Crippen LogP contribution in [0.3, 0.4) is 0 Å². The average Bonchev–Trinajstić information content (AvgIpc) is 3.23. The lowest BCUT2D eigenvalue weighted by Crippen LogP contribution is -2.27. The molecule has 0 fully saturated rings. The van der Waals surface area contributed by atoms with Crippen LogP contribution in [0.5, 0.6) is 11.5 Å². The van der Waals surface area contributed by atoms with Crippen LogP contribution in [-0.2, 0) is 11.2 Å². The molecular formula is C23H23N5O4S. The van der Waals surface area contributed by atoms with E-state index in [4.69, 9.17) is 9.47 Å². The molecule has 0 radical (unpaired) electrons. The molecule has 0 aliphatic carbocycles. The summed E-state index contributed by atoms with van der Waals surface area (Å²) in [7, 11) is 3.18. The first-order valence-electron chi connectivity index (χ1n) is 10.2. The molecule has 2 aromatic carbocycles. The number of hydrogen-bond acceptors (Lipinski definition) is 7. The number of hydrogen-bond donors (Lipinski definition) is 2. The van der Waals surface area contributed by atoms with Crippen LogP contribution in [0, 0.1) is 0 Å². The van der Waals surface area contributed by atoms with E-state index in [1.54, 1.807) is 14.2 Å². The minimum Gasteiger partial charge on any atom is -0.493 e. The highest BCUT2D eigenvalue weighted by molar-refractivity contribution is 7.99. The van der Waals surface area contributed by atoms with Gasteiger partial charge < -0.3 is 14.8 Å². The molecule has 1 amide bonds. The van der Waals surface area contributed by atoms with Crippen LogP contribution in [0.25, 0.3) is 17.0 Å². The van der Waals surface area contributed by atoms with Gasteiger partial charge >= 0.3 is 0 Å². The van der Waals surface area contributed by atoms with Crippen LogP contribution in [0.2, 0.25) is 0 Å². The van der Waals surface area contributed by atoms with Crippen LogP contribution in [0.15, 0.2) is 64.5 Å². The Hall–Kier alpha value is -3.79. The fraction of sp³-hybridized carbons (Fsp3) is 0.217. The number of methoxy groups -OCH3 is 2. The Morgan fingerprint density at radius 3 is 2.61 bits per heavy atom. The van der Waals surface area contributed by atoms with Crippen molar-refractivity contribution in [1.82, 2.24) is 24.9 Å². The number of aromatic amines is 1. The van der Waals surface area contributed by atoms with Crippen molar-refractivity contribution >= 4 is 23.3 Å². The molecule has 0 bridgehead atoms. The Labute approximate surface area is 194 Å². The molecule has 9 nitrogen and oxygen atoms in total. The van der Waals surface area contributed by atoms with E-state index in [0.29, 0.717) is 41.1 Å². The van der Waals surface area contributed by atoms with E-state index in [0.717, 1.165) is 11.1 Å². The Kier molecular flexibility index (Phi) is 6.94. The number of amides is 1. The number of nitrogens with one attached hydrogen (secondary N) is 2. The van der Waals surface area contributed by atoms with Gasteiger partial charge in [-0.15, -0.1) is 0 Å². The number of rotatable bonds is 9. The van der Waals surface area contributed by atoms with Crippen molar-refractivity contribution < 1.29 is 14.3 Å². The Bertz CT molecular complexity index is 1320. The molecule has 0 saturated carbocycles. The second kappa shape index (κ2) is 10.2. The number of benzene rings is 2. The SMILES string of the molecule is COc1ccc(CCNC(=O)CSc2nc(-c3ccccc3)nc3cc(=O)[nH]n23)cc1OC. The number of ether oxygens (including phenoxy) is 2. The zero-order chi connectivity index (χ0) is 23.2. The highest BCUT2D eigenvalue weighted by atomic mass is 32.2. The van der Waals surface area contributed by atoms with E-state index in [1.807, 2.05) is 48.5 Å². The van der Waals surface area contributed by atoms with Gasteiger partial charge in [-0.05, 0) is 24.1 Å². The lowest BCUT2D eigenvalue weighted by atomic mass is 10.1. The molecule has 0 spiro atoms. The quantitative estimate of drug-likeness (QED) is 0.366. The zero-order valence-electron chi connectivity index (χ0n) is 18.2. The van der Waals surface area contributed by atoms with Crippen molar-refractivity contribution in [3.05, 3.63) is 70.5 Å². The van der Waals surface area contributed by atoms with E-state index >= 15 is 0 Å². The summed E-state index contributed by atoms with van der Waals surface area (Å²) in [5.41, 5.74) is 2.02. The number of H-pyrrole nitrogens is 1. The third-order valence-corrected chi connectivity index (χ3v) is 5.81. The summed E-state index contributed by atoms with van der Waals surface area (Å²) in [6, 6.07) is 16.6. The van der Waals surface area contributed by atoms with Gasteiger partial charge in [0.15, 0.2) is 28.1 Å². The van der Waals surface area contributed by atoms with Gasteiger partial charge in [0.2, 0.25) is 5.91 Å². The molecule has 170 valence electrons. The molecule has 0 saturated heterocycles. The topological polar surface area (TPSA) is 111 Å². The predicted molar refractivity (Wildman–Crippen MR) is 126 cm³/mol. The normalized spacial score (nSPS) is 10.8.